The molecule has 0 aromatic carbocycles. The van der Waals surface area contributed by atoms with Crippen molar-refractivity contribution in [3.63, 3.8) is 0 Å². The van der Waals surface area contributed by atoms with Crippen LogP contribution in [0.1, 0.15) is 42.6 Å². The lowest BCUT2D eigenvalue weighted by atomic mass is 9.71. The maximum absolute atomic E-state index is 12.4. The summed E-state index contributed by atoms with van der Waals surface area (Å²) in [6.07, 6.45) is 6.12. The Kier molecular flexibility index (Phi) is 3.38. The van der Waals surface area contributed by atoms with Crippen molar-refractivity contribution in [3.8, 4) is 5.75 Å². The first-order chi connectivity index (χ1) is 9.60. The van der Waals surface area contributed by atoms with E-state index in [-0.39, 0.29) is 23.3 Å². The van der Waals surface area contributed by atoms with Crippen LogP contribution in [0.3, 0.4) is 0 Å². The van der Waals surface area contributed by atoms with Gasteiger partial charge in [-0.2, -0.15) is 0 Å². The summed E-state index contributed by atoms with van der Waals surface area (Å²) >= 11 is 0. The zero-order valence-corrected chi connectivity index (χ0v) is 11.5. The van der Waals surface area contributed by atoms with Crippen molar-refractivity contribution in [2.75, 3.05) is 13.1 Å². The maximum atomic E-state index is 12.4. The first-order valence-electron chi connectivity index (χ1n) is 7.26. The molecule has 108 valence electrons. The summed E-state index contributed by atoms with van der Waals surface area (Å²) in [6, 6.07) is 3.07. The summed E-state index contributed by atoms with van der Waals surface area (Å²) in [5, 5.41) is 20.3. The van der Waals surface area contributed by atoms with Crippen LogP contribution in [0, 0.1) is 5.92 Å². The van der Waals surface area contributed by atoms with Crippen LogP contribution in [-0.2, 0) is 0 Å². The topological polar surface area (TPSA) is 73.7 Å². The van der Waals surface area contributed by atoms with Crippen LogP contribution >= 0.6 is 0 Å². The number of hydrogen-bond donors (Lipinski definition) is 2. The average molecular weight is 276 g/mol. The van der Waals surface area contributed by atoms with E-state index in [4.69, 9.17) is 0 Å². The Hall–Kier alpha value is -1.62. The minimum atomic E-state index is -0.596. The van der Waals surface area contributed by atoms with Crippen molar-refractivity contribution in [1.82, 2.24) is 9.88 Å². The number of aliphatic hydroxyl groups is 1. The molecule has 1 aromatic heterocycles. The number of pyridine rings is 1. The van der Waals surface area contributed by atoms with E-state index in [0.29, 0.717) is 19.5 Å². The van der Waals surface area contributed by atoms with E-state index in [1.165, 1.54) is 12.3 Å². The largest absolute Gasteiger partial charge is 0.505 e. The van der Waals surface area contributed by atoms with Crippen molar-refractivity contribution in [2.45, 2.75) is 37.7 Å². The summed E-state index contributed by atoms with van der Waals surface area (Å²) in [4.78, 5) is 18.1. The number of amides is 1. The number of piperidine rings is 1. The molecule has 0 radical (unpaired) electrons. The Morgan fingerprint density at radius 3 is 3.05 bits per heavy atom. The summed E-state index contributed by atoms with van der Waals surface area (Å²) in [5.74, 6) is -0.169. The van der Waals surface area contributed by atoms with Gasteiger partial charge in [0.2, 0.25) is 0 Å². The number of carbonyl (C=O) groups excluding carboxylic acids is 1. The number of nitrogens with zero attached hydrogens (tertiary/aromatic N) is 2. The first-order valence-corrected chi connectivity index (χ1v) is 7.26. The van der Waals surface area contributed by atoms with Crippen LogP contribution < -0.4 is 0 Å². The lowest BCUT2D eigenvalue weighted by Gasteiger charge is -2.47. The van der Waals surface area contributed by atoms with Gasteiger partial charge in [0.1, 0.15) is 5.75 Å². The number of carbonyl (C=O) groups is 1. The third-order valence-corrected chi connectivity index (χ3v) is 4.70. The van der Waals surface area contributed by atoms with Crippen molar-refractivity contribution in [3.05, 3.63) is 24.0 Å². The Bertz CT molecular complexity index is 520. The van der Waals surface area contributed by atoms with Gasteiger partial charge in [0, 0.05) is 25.2 Å². The quantitative estimate of drug-likeness (QED) is 0.816. The second-order valence-electron chi connectivity index (χ2n) is 5.92. The molecule has 1 aliphatic heterocycles. The summed E-state index contributed by atoms with van der Waals surface area (Å²) in [6.45, 7) is 1.09. The Balaban J connectivity index is 1.76. The van der Waals surface area contributed by atoms with Crippen molar-refractivity contribution >= 4 is 5.91 Å². The first kappa shape index (κ1) is 13.4. The van der Waals surface area contributed by atoms with Gasteiger partial charge in [-0.1, -0.05) is 12.8 Å². The molecule has 1 saturated carbocycles. The minimum absolute atomic E-state index is 0.0815. The fourth-order valence-corrected chi connectivity index (χ4v) is 3.47. The second-order valence-corrected chi connectivity index (χ2v) is 5.92. The molecule has 2 fully saturated rings. The fraction of sp³-hybridized carbons (Fsp3) is 0.600. The molecule has 0 bridgehead atoms. The number of hydrogen-bond acceptors (Lipinski definition) is 4. The molecule has 3 rings (SSSR count). The Morgan fingerprint density at radius 1 is 1.40 bits per heavy atom. The van der Waals surface area contributed by atoms with Gasteiger partial charge in [-0.15, -0.1) is 0 Å². The summed E-state index contributed by atoms with van der Waals surface area (Å²) in [7, 11) is 0. The fourth-order valence-electron chi connectivity index (χ4n) is 3.47. The normalized spacial score (nSPS) is 29.9. The van der Waals surface area contributed by atoms with Crippen LogP contribution in [0.4, 0.5) is 0 Å². The molecule has 1 amide bonds. The SMILES string of the molecule is O=C(c1ncccc1O)N1CCC2(O)CCCCC2C1. The molecular weight excluding hydrogens is 256 g/mol. The van der Waals surface area contributed by atoms with Gasteiger partial charge in [0.25, 0.3) is 5.91 Å². The molecule has 2 N–H and O–H groups in total. The smallest absolute Gasteiger partial charge is 0.276 e. The average Bonchev–Trinajstić information content (AvgIpc) is 2.46. The third kappa shape index (κ3) is 2.26. The molecule has 5 heteroatoms. The van der Waals surface area contributed by atoms with E-state index in [1.54, 1.807) is 11.0 Å². The standard InChI is InChI=1S/C15H20N2O3/c18-12-5-3-8-16-13(12)14(19)17-9-7-15(20)6-2-1-4-11(15)10-17/h3,5,8,11,18,20H,1-2,4,6-7,9-10H2. The molecule has 2 aliphatic rings. The second kappa shape index (κ2) is 5.05. The highest BCUT2D eigenvalue weighted by Gasteiger charge is 2.44. The lowest BCUT2D eigenvalue weighted by molar-refractivity contribution is -0.0886. The van der Waals surface area contributed by atoms with E-state index < -0.39 is 5.60 Å². The summed E-state index contributed by atoms with van der Waals surface area (Å²) < 4.78 is 0. The molecular formula is C15H20N2O3. The predicted octanol–water partition coefficient (Wildman–Crippen LogP) is 1.55. The van der Waals surface area contributed by atoms with Crippen LogP contribution in [0.2, 0.25) is 0 Å². The van der Waals surface area contributed by atoms with E-state index in [2.05, 4.69) is 4.98 Å². The van der Waals surface area contributed by atoms with Crippen LogP contribution in [0.5, 0.6) is 5.75 Å². The van der Waals surface area contributed by atoms with Gasteiger partial charge in [0.05, 0.1) is 5.60 Å². The van der Waals surface area contributed by atoms with Crippen LogP contribution in [-0.4, -0.2) is 44.7 Å². The number of likely N-dealkylation sites (tertiary alicyclic amines) is 1. The van der Waals surface area contributed by atoms with Gasteiger partial charge in [-0.05, 0) is 31.4 Å². The van der Waals surface area contributed by atoms with Gasteiger partial charge < -0.3 is 15.1 Å². The van der Waals surface area contributed by atoms with Gasteiger partial charge in [-0.25, -0.2) is 4.98 Å². The van der Waals surface area contributed by atoms with E-state index >= 15 is 0 Å². The van der Waals surface area contributed by atoms with Crippen molar-refractivity contribution in [2.24, 2.45) is 5.92 Å². The lowest BCUT2D eigenvalue weighted by Crippen LogP contribution is -2.54. The molecule has 5 nitrogen and oxygen atoms in total. The number of aromatic nitrogens is 1. The number of fused-ring (bicyclic) bond motifs is 1. The van der Waals surface area contributed by atoms with E-state index in [1.807, 2.05) is 0 Å². The highest BCUT2D eigenvalue weighted by atomic mass is 16.3. The highest BCUT2D eigenvalue weighted by molar-refractivity contribution is 5.94. The molecule has 2 unspecified atom stereocenters. The number of rotatable bonds is 1. The molecule has 20 heavy (non-hydrogen) atoms. The monoisotopic (exact) mass is 276 g/mol. The van der Waals surface area contributed by atoms with Crippen molar-refractivity contribution < 1.29 is 15.0 Å². The molecule has 1 aromatic rings. The zero-order valence-electron chi connectivity index (χ0n) is 11.5. The van der Waals surface area contributed by atoms with E-state index in [0.717, 1.165) is 25.7 Å². The van der Waals surface area contributed by atoms with E-state index in [9.17, 15) is 15.0 Å². The minimum Gasteiger partial charge on any atom is -0.505 e. The Labute approximate surface area is 118 Å². The molecule has 0 spiro atoms. The van der Waals surface area contributed by atoms with Crippen LogP contribution in [0.25, 0.3) is 0 Å². The van der Waals surface area contributed by atoms with Gasteiger partial charge >= 0.3 is 0 Å². The zero-order chi connectivity index (χ0) is 14.2. The van der Waals surface area contributed by atoms with Gasteiger partial charge in [0.15, 0.2) is 5.69 Å². The molecule has 1 aliphatic carbocycles. The Morgan fingerprint density at radius 2 is 2.25 bits per heavy atom. The maximum Gasteiger partial charge on any atom is 0.276 e. The molecule has 2 heterocycles. The highest BCUT2D eigenvalue weighted by Crippen LogP contribution is 2.40. The summed E-state index contributed by atoms with van der Waals surface area (Å²) in [5.41, 5.74) is -0.491. The number of aromatic hydroxyl groups is 1. The molecule has 1 saturated heterocycles. The predicted molar refractivity (Wildman–Crippen MR) is 73.3 cm³/mol. The van der Waals surface area contributed by atoms with Crippen LogP contribution in [0.15, 0.2) is 18.3 Å². The molecule has 2 atom stereocenters. The van der Waals surface area contributed by atoms with Crippen molar-refractivity contribution in [1.29, 1.82) is 0 Å². The van der Waals surface area contributed by atoms with Gasteiger partial charge in [-0.3, -0.25) is 4.79 Å². The third-order valence-electron chi connectivity index (χ3n) is 4.70.